The summed E-state index contributed by atoms with van der Waals surface area (Å²) in [5, 5.41) is 17.1. The summed E-state index contributed by atoms with van der Waals surface area (Å²) >= 11 is 0. The molecule has 0 bridgehead atoms. The topological polar surface area (TPSA) is 76.0 Å². The number of carboxylic acids is 1. The van der Waals surface area contributed by atoms with Crippen LogP contribution in [0.1, 0.15) is 0 Å². The molecule has 58 valence electrons. The van der Waals surface area contributed by atoms with Gasteiger partial charge in [-0.2, -0.15) is 0 Å². The molecule has 1 saturated heterocycles. The van der Waals surface area contributed by atoms with E-state index in [1.54, 1.807) is 0 Å². The van der Waals surface area contributed by atoms with Crippen LogP contribution in [-0.4, -0.2) is 41.8 Å². The third-order valence-electron chi connectivity index (χ3n) is 1.25. The number of rotatable bonds is 2. The Morgan fingerprint density at radius 3 is 2.80 bits per heavy atom. The predicted molar refractivity (Wildman–Crippen MR) is 29.3 cm³/mol. The van der Waals surface area contributed by atoms with Crippen molar-refractivity contribution in [3.8, 4) is 0 Å². The van der Waals surface area contributed by atoms with E-state index in [1.807, 2.05) is 0 Å². The SMILES string of the molecule is O=C(O)C(O)C1COCO1. The molecule has 0 aromatic heterocycles. The number of carboxylic acid groups (broad SMARTS) is 1. The molecule has 1 heterocycles. The molecule has 0 spiro atoms. The van der Waals surface area contributed by atoms with Gasteiger partial charge in [-0.1, -0.05) is 0 Å². The van der Waals surface area contributed by atoms with Crippen molar-refractivity contribution in [2.45, 2.75) is 12.2 Å². The van der Waals surface area contributed by atoms with Crippen molar-refractivity contribution < 1.29 is 24.5 Å². The molecule has 1 fully saturated rings. The van der Waals surface area contributed by atoms with Crippen LogP contribution in [0.15, 0.2) is 0 Å². The van der Waals surface area contributed by atoms with E-state index in [0.717, 1.165) is 0 Å². The molecule has 10 heavy (non-hydrogen) atoms. The number of aliphatic hydroxyl groups excluding tert-OH is 1. The number of aliphatic hydroxyl groups is 1. The monoisotopic (exact) mass is 148 g/mol. The van der Waals surface area contributed by atoms with E-state index in [2.05, 4.69) is 4.74 Å². The fraction of sp³-hybridized carbons (Fsp3) is 0.800. The first-order valence-corrected chi connectivity index (χ1v) is 2.82. The second-order valence-electron chi connectivity index (χ2n) is 1.98. The highest BCUT2D eigenvalue weighted by atomic mass is 16.7. The van der Waals surface area contributed by atoms with Gasteiger partial charge in [-0.25, -0.2) is 4.79 Å². The lowest BCUT2D eigenvalue weighted by molar-refractivity contribution is -0.152. The Bertz CT molecular complexity index is 128. The number of carbonyl (C=O) groups is 1. The Morgan fingerprint density at radius 2 is 2.40 bits per heavy atom. The molecule has 0 aromatic rings. The van der Waals surface area contributed by atoms with Crippen molar-refractivity contribution in [1.29, 1.82) is 0 Å². The lowest BCUT2D eigenvalue weighted by atomic mass is 10.2. The molecule has 5 nitrogen and oxygen atoms in total. The van der Waals surface area contributed by atoms with Crippen LogP contribution < -0.4 is 0 Å². The van der Waals surface area contributed by atoms with E-state index in [0.29, 0.717) is 0 Å². The maximum Gasteiger partial charge on any atom is 0.335 e. The van der Waals surface area contributed by atoms with Crippen molar-refractivity contribution in [2.24, 2.45) is 0 Å². The van der Waals surface area contributed by atoms with E-state index in [1.165, 1.54) is 0 Å². The lowest BCUT2D eigenvalue weighted by Gasteiger charge is -2.09. The molecular weight excluding hydrogens is 140 g/mol. The van der Waals surface area contributed by atoms with E-state index in [4.69, 9.17) is 14.9 Å². The first kappa shape index (κ1) is 7.46. The van der Waals surface area contributed by atoms with Gasteiger partial charge < -0.3 is 19.7 Å². The van der Waals surface area contributed by atoms with Gasteiger partial charge in [0.2, 0.25) is 0 Å². The molecule has 0 saturated carbocycles. The van der Waals surface area contributed by atoms with Gasteiger partial charge in [-0.05, 0) is 0 Å². The van der Waals surface area contributed by atoms with Crippen LogP contribution >= 0.6 is 0 Å². The van der Waals surface area contributed by atoms with Gasteiger partial charge in [-0.15, -0.1) is 0 Å². The number of hydrogen-bond acceptors (Lipinski definition) is 4. The maximum atomic E-state index is 10.1. The van der Waals surface area contributed by atoms with E-state index < -0.39 is 18.2 Å². The molecule has 0 radical (unpaired) electrons. The highest BCUT2D eigenvalue weighted by Gasteiger charge is 2.29. The van der Waals surface area contributed by atoms with Gasteiger partial charge in [0.05, 0.1) is 6.61 Å². The fourth-order valence-corrected chi connectivity index (χ4v) is 0.689. The predicted octanol–water partition coefficient (Wildman–Crippen LogP) is -1.20. The lowest BCUT2D eigenvalue weighted by Crippen LogP contribution is -2.35. The summed E-state index contributed by atoms with van der Waals surface area (Å²) in [6.07, 6.45) is -2.18. The molecule has 2 N–H and O–H groups in total. The minimum absolute atomic E-state index is 0.0645. The summed E-state index contributed by atoms with van der Waals surface area (Å²) in [4.78, 5) is 10.1. The van der Waals surface area contributed by atoms with Crippen LogP contribution in [0.25, 0.3) is 0 Å². The molecule has 1 rings (SSSR count). The van der Waals surface area contributed by atoms with Crippen LogP contribution in [0.2, 0.25) is 0 Å². The molecule has 5 heteroatoms. The average Bonchev–Trinajstić information content (AvgIpc) is 2.36. The maximum absolute atomic E-state index is 10.1. The molecule has 2 unspecified atom stereocenters. The minimum Gasteiger partial charge on any atom is -0.479 e. The van der Waals surface area contributed by atoms with Gasteiger partial charge in [0, 0.05) is 0 Å². The fourth-order valence-electron chi connectivity index (χ4n) is 0.689. The smallest absolute Gasteiger partial charge is 0.335 e. The summed E-state index contributed by atoms with van der Waals surface area (Å²) in [5.41, 5.74) is 0. The molecule has 0 aromatic carbocycles. The quantitative estimate of drug-likeness (QED) is 0.514. The van der Waals surface area contributed by atoms with Crippen LogP contribution in [0.4, 0.5) is 0 Å². The Labute approximate surface area is 57.2 Å². The standard InChI is InChI=1S/C5H8O5/c6-4(5(7)8)3-1-9-2-10-3/h3-4,6H,1-2H2,(H,7,8). The Hall–Kier alpha value is -0.650. The van der Waals surface area contributed by atoms with E-state index in [-0.39, 0.29) is 13.4 Å². The molecular formula is C5H8O5. The zero-order valence-electron chi connectivity index (χ0n) is 5.19. The summed E-state index contributed by atoms with van der Waals surface area (Å²) in [7, 11) is 0. The summed E-state index contributed by atoms with van der Waals surface area (Å²) < 4.78 is 9.41. The normalized spacial score (nSPS) is 28.3. The molecule has 0 amide bonds. The van der Waals surface area contributed by atoms with Crippen molar-refractivity contribution in [1.82, 2.24) is 0 Å². The minimum atomic E-state index is -1.47. The van der Waals surface area contributed by atoms with E-state index >= 15 is 0 Å². The van der Waals surface area contributed by atoms with Crippen LogP contribution in [0, 0.1) is 0 Å². The van der Waals surface area contributed by atoms with Crippen LogP contribution in [-0.2, 0) is 14.3 Å². The molecule has 2 atom stereocenters. The van der Waals surface area contributed by atoms with Crippen molar-refractivity contribution in [3.63, 3.8) is 0 Å². The Kier molecular flexibility index (Phi) is 2.21. The number of hydrogen-bond donors (Lipinski definition) is 2. The zero-order chi connectivity index (χ0) is 7.56. The highest BCUT2D eigenvalue weighted by molar-refractivity contribution is 5.72. The van der Waals surface area contributed by atoms with Crippen LogP contribution in [0.3, 0.4) is 0 Å². The first-order chi connectivity index (χ1) is 4.72. The second kappa shape index (κ2) is 2.96. The van der Waals surface area contributed by atoms with E-state index in [9.17, 15) is 4.79 Å². The van der Waals surface area contributed by atoms with Crippen molar-refractivity contribution in [3.05, 3.63) is 0 Å². The summed E-state index contributed by atoms with van der Waals surface area (Å²) in [6, 6.07) is 0. The van der Waals surface area contributed by atoms with Gasteiger partial charge in [0.1, 0.15) is 12.9 Å². The molecule has 0 aliphatic carbocycles. The second-order valence-corrected chi connectivity index (χ2v) is 1.98. The molecule has 1 aliphatic heterocycles. The zero-order valence-corrected chi connectivity index (χ0v) is 5.19. The van der Waals surface area contributed by atoms with Gasteiger partial charge >= 0.3 is 5.97 Å². The number of aliphatic carboxylic acids is 1. The summed E-state index contributed by atoms with van der Waals surface area (Å²) in [6.45, 7) is 0.211. The average molecular weight is 148 g/mol. The Morgan fingerprint density at radius 1 is 1.70 bits per heavy atom. The van der Waals surface area contributed by atoms with Gasteiger partial charge in [0.15, 0.2) is 6.10 Å². The summed E-state index contributed by atoms with van der Waals surface area (Å²) in [5.74, 6) is -1.28. The number of ether oxygens (including phenoxy) is 2. The first-order valence-electron chi connectivity index (χ1n) is 2.82. The molecule has 1 aliphatic rings. The van der Waals surface area contributed by atoms with Gasteiger partial charge in [0.25, 0.3) is 0 Å². The largest absolute Gasteiger partial charge is 0.479 e. The van der Waals surface area contributed by atoms with Crippen molar-refractivity contribution >= 4 is 5.97 Å². The van der Waals surface area contributed by atoms with Crippen molar-refractivity contribution in [2.75, 3.05) is 13.4 Å². The van der Waals surface area contributed by atoms with Gasteiger partial charge in [-0.3, -0.25) is 0 Å². The third-order valence-corrected chi connectivity index (χ3v) is 1.25. The third kappa shape index (κ3) is 1.44. The Balaban J connectivity index is 2.39. The van der Waals surface area contributed by atoms with Crippen LogP contribution in [0.5, 0.6) is 0 Å². The highest BCUT2D eigenvalue weighted by Crippen LogP contribution is 2.07.